The summed E-state index contributed by atoms with van der Waals surface area (Å²) >= 11 is 0. The Morgan fingerprint density at radius 2 is 2.06 bits per heavy atom. The molecule has 0 heterocycles. The molecule has 0 N–H and O–H groups in total. The molecule has 2 atom stereocenters. The summed E-state index contributed by atoms with van der Waals surface area (Å²) < 4.78 is 17.2. The molecule has 2 unspecified atom stereocenters. The van der Waals surface area contributed by atoms with Crippen LogP contribution in [0.4, 0.5) is 0 Å². The minimum absolute atomic E-state index is 0.0337. The van der Waals surface area contributed by atoms with Crippen molar-refractivity contribution in [2.75, 3.05) is 12.9 Å². The topological polar surface area (TPSA) is 43.4 Å². The Morgan fingerprint density at radius 3 is 2.65 bits per heavy atom. The second-order valence-electron chi connectivity index (χ2n) is 3.92. The van der Waals surface area contributed by atoms with E-state index in [2.05, 4.69) is 0 Å². The van der Waals surface area contributed by atoms with Crippen LogP contribution in [0.1, 0.15) is 20.3 Å². The fraction of sp³-hybridized carbons (Fsp3) is 0.462. The molecule has 0 aliphatic heterocycles. The lowest BCUT2D eigenvalue weighted by molar-refractivity contribution is -0.119. The number of hydrogen-bond donors (Lipinski definition) is 0. The van der Waals surface area contributed by atoms with Crippen molar-refractivity contribution in [3.63, 3.8) is 0 Å². The molecule has 3 nitrogen and oxygen atoms in total. The molecule has 0 aliphatic carbocycles. The molecule has 0 spiro atoms. The largest absolute Gasteiger partial charge is 0.495 e. The van der Waals surface area contributed by atoms with Crippen molar-refractivity contribution >= 4 is 16.6 Å². The first kappa shape index (κ1) is 13.9. The third-order valence-corrected chi connectivity index (χ3v) is 4.12. The molecule has 4 heteroatoms. The van der Waals surface area contributed by atoms with Gasteiger partial charge in [0.25, 0.3) is 0 Å². The quantitative estimate of drug-likeness (QED) is 0.783. The van der Waals surface area contributed by atoms with Crippen molar-refractivity contribution < 1.29 is 13.7 Å². The van der Waals surface area contributed by atoms with Gasteiger partial charge in [-0.15, -0.1) is 0 Å². The van der Waals surface area contributed by atoms with Crippen LogP contribution in [0.5, 0.6) is 5.75 Å². The first-order chi connectivity index (χ1) is 8.10. The summed E-state index contributed by atoms with van der Waals surface area (Å²) in [5.74, 6) is 0.642. The van der Waals surface area contributed by atoms with Gasteiger partial charge in [0.1, 0.15) is 11.5 Å². The van der Waals surface area contributed by atoms with E-state index in [1.807, 2.05) is 19.9 Å². The number of hydrogen-bond acceptors (Lipinski definition) is 3. The van der Waals surface area contributed by atoms with E-state index in [9.17, 15) is 9.00 Å². The van der Waals surface area contributed by atoms with Crippen LogP contribution in [0.25, 0.3) is 0 Å². The summed E-state index contributed by atoms with van der Waals surface area (Å²) in [7, 11) is 0.213. The SMILES string of the molecule is CCC(C)C(=O)CS(=O)c1ccccc1OC. The first-order valence-corrected chi connectivity index (χ1v) is 6.96. The monoisotopic (exact) mass is 254 g/mol. The highest BCUT2D eigenvalue weighted by molar-refractivity contribution is 7.85. The third kappa shape index (κ3) is 3.66. The molecule has 0 bridgehead atoms. The number of carbonyl (C=O) groups is 1. The van der Waals surface area contributed by atoms with E-state index in [0.717, 1.165) is 6.42 Å². The third-order valence-electron chi connectivity index (χ3n) is 2.75. The van der Waals surface area contributed by atoms with Crippen molar-refractivity contribution in [2.24, 2.45) is 5.92 Å². The van der Waals surface area contributed by atoms with E-state index in [0.29, 0.717) is 10.6 Å². The molecule has 0 saturated carbocycles. The van der Waals surface area contributed by atoms with E-state index in [1.54, 1.807) is 18.2 Å². The molecule has 1 rings (SSSR count). The van der Waals surface area contributed by atoms with Crippen molar-refractivity contribution in [1.82, 2.24) is 0 Å². The van der Waals surface area contributed by atoms with Crippen LogP contribution < -0.4 is 4.74 Å². The zero-order valence-electron chi connectivity index (χ0n) is 10.4. The second-order valence-corrected chi connectivity index (χ2v) is 5.34. The van der Waals surface area contributed by atoms with Gasteiger partial charge in [0.15, 0.2) is 0 Å². The van der Waals surface area contributed by atoms with Gasteiger partial charge in [-0.25, -0.2) is 0 Å². The van der Waals surface area contributed by atoms with Crippen molar-refractivity contribution in [3.8, 4) is 5.75 Å². The van der Waals surface area contributed by atoms with E-state index < -0.39 is 10.8 Å². The summed E-state index contributed by atoms with van der Waals surface area (Å²) in [5.41, 5.74) is 0. The van der Waals surface area contributed by atoms with E-state index in [1.165, 1.54) is 7.11 Å². The predicted molar refractivity (Wildman–Crippen MR) is 68.7 cm³/mol. The van der Waals surface area contributed by atoms with Crippen LogP contribution in [0.15, 0.2) is 29.2 Å². The smallest absolute Gasteiger partial charge is 0.148 e. The molecule has 0 amide bonds. The Kier molecular flexibility index (Phi) is 5.35. The number of methoxy groups -OCH3 is 1. The van der Waals surface area contributed by atoms with Gasteiger partial charge in [-0.2, -0.15) is 0 Å². The molecule has 0 fully saturated rings. The summed E-state index contributed by atoms with van der Waals surface area (Å²) in [5, 5.41) is 0. The first-order valence-electron chi connectivity index (χ1n) is 5.64. The minimum atomic E-state index is -1.32. The van der Waals surface area contributed by atoms with Gasteiger partial charge < -0.3 is 4.74 Å². The summed E-state index contributed by atoms with van der Waals surface area (Å²) in [6, 6.07) is 7.10. The Labute approximate surface area is 105 Å². The Hall–Kier alpha value is -1.16. The van der Waals surface area contributed by atoms with Crippen LogP contribution in [-0.4, -0.2) is 22.9 Å². The molecule has 94 valence electrons. The molecule has 1 aromatic rings. The number of benzene rings is 1. The summed E-state index contributed by atoms with van der Waals surface area (Å²) in [6.07, 6.45) is 0.780. The van der Waals surface area contributed by atoms with Gasteiger partial charge >= 0.3 is 0 Å². The van der Waals surface area contributed by atoms with Gasteiger partial charge in [-0.05, 0) is 18.6 Å². The van der Waals surface area contributed by atoms with Gasteiger partial charge in [-0.1, -0.05) is 26.0 Å². The van der Waals surface area contributed by atoms with E-state index in [-0.39, 0.29) is 17.5 Å². The van der Waals surface area contributed by atoms with Crippen molar-refractivity contribution in [1.29, 1.82) is 0 Å². The average molecular weight is 254 g/mol. The molecule has 0 aliphatic rings. The Balaban J connectivity index is 2.80. The molecule has 0 saturated heterocycles. The number of rotatable bonds is 6. The molecule has 1 aromatic carbocycles. The lowest BCUT2D eigenvalue weighted by atomic mass is 10.1. The molecule has 0 aromatic heterocycles. The predicted octanol–water partition coefficient (Wildman–Crippen LogP) is 2.42. The number of ketones is 1. The number of Topliss-reactive ketones (excluding diaryl/α,β-unsaturated/α-hetero) is 1. The van der Waals surface area contributed by atoms with Gasteiger partial charge in [0.05, 0.1) is 28.6 Å². The van der Waals surface area contributed by atoms with E-state index >= 15 is 0 Å². The standard InChI is InChI=1S/C13H18O3S/c1-4-10(2)11(14)9-17(15)13-8-6-5-7-12(13)16-3/h5-8,10H,4,9H2,1-3H3. The Morgan fingerprint density at radius 1 is 1.41 bits per heavy atom. The van der Waals surface area contributed by atoms with E-state index in [4.69, 9.17) is 4.74 Å². The van der Waals surface area contributed by atoms with Gasteiger partial charge in [-0.3, -0.25) is 9.00 Å². The minimum Gasteiger partial charge on any atom is -0.495 e. The lowest BCUT2D eigenvalue weighted by Crippen LogP contribution is -2.18. The number of carbonyl (C=O) groups excluding carboxylic acids is 1. The average Bonchev–Trinajstić information content (AvgIpc) is 2.37. The summed E-state index contributed by atoms with van der Waals surface area (Å²) in [6.45, 7) is 3.82. The fourth-order valence-corrected chi connectivity index (χ4v) is 2.69. The van der Waals surface area contributed by atoms with Crippen molar-refractivity contribution in [2.45, 2.75) is 25.2 Å². The molecule has 17 heavy (non-hydrogen) atoms. The lowest BCUT2D eigenvalue weighted by Gasteiger charge is -2.09. The van der Waals surface area contributed by atoms with Crippen LogP contribution >= 0.6 is 0 Å². The van der Waals surface area contributed by atoms with Crippen LogP contribution in [-0.2, 0) is 15.6 Å². The molecule has 0 radical (unpaired) electrons. The summed E-state index contributed by atoms with van der Waals surface area (Å²) in [4.78, 5) is 12.3. The second kappa shape index (κ2) is 6.55. The van der Waals surface area contributed by atoms with Crippen LogP contribution in [0.3, 0.4) is 0 Å². The maximum atomic E-state index is 12.1. The van der Waals surface area contributed by atoms with Crippen LogP contribution in [0.2, 0.25) is 0 Å². The highest BCUT2D eigenvalue weighted by Crippen LogP contribution is 2.21. The zero-order chi connectivity index (χ0) is 12.8. The van der Waals surface area contributed by atoms with Crippen molar-refractivity contribution in [3.05, 3.63) is 24.3 Å². The number of ether oxygens (including phenoxy) is 1. The Bertz CT molecular complexity index is 415. The normalized spacial score (nSPS) is 14.1. The van der Waals surface area contributed by atoms with Crippen LogP contribution in [0, 0.1) is 5.92 Å². The maximum absolute atomic E-state index is 12.1. The highest BCUT2D eigenvalue weighted by atomic mass is 32.2. The fourth-order valence-electron chi connectivity index (χ4n) is 1.38. The molecular formula is C13H18O3S. The highest BCUT2D eigenvalue weighted by Gasteiger charge is 2.17. The maximum Gasteiger partial charge on any atom is 0.148 e. The zero-order valence-corrected chi connectivity index (χ0v) is 11.3. The van der Waals surface area contributed by atoms with Gasteiger partial charge in [0, 0.05) is 5.92 Å². The molecular weight excluding hydrogens is 236 g/mol. The number of para-hydroxylation sites is 1. The van der Waals surface area contributed by atoms with Gasteiger partial charge in [0.2, 0.25) is 0 Å².